The van der Waals surface area contributed by atoms with Gasteiger partial charge in [-0.1, -0.05) is 17.7 Å². The zero-order chi connectivity index (χ0) is 9.84. The quantitative estimate of drug-likeness (QED) is 0.864. The average molecular weight is 242 g/mol. The minimum absolute atomic E-state index is 0. The number of rotatable bonds is 3. The Morgan fingerprint density at radius 3 is 2.57 bits per heavy atom. The van der Waals surface area contributed by atoms with Crippen molar-refractivity contribution in [2.45, 2.75) is 12.5 Å². The summed E-state index contributed by atoms with van der Waals surface area (Å²) < 4.78 is 24.6. The van der Waals surface area contributed by atoms with Crippen molar-refractivity contribution < 1.29 is 8.78 Å². The third kappa shape index (κ3) is 3.40. The average Bonchev–Trinajstić information content (AvgIpc) is 2.10. The summed E-state index contributed by atoms with van der Waals surface area (Å²) in [6, 6.07) is 3.76. The van der Waals surface area contributed by atoms with E-state index in [9.17, 15) is 8.78 Å². The molecule has 1 nitrogen and oxygen atoms in total. The van der Waals surface area contributed by atoms with Crippen LogP contribution in [0.15, 0.2) is 18.2 Å². The SMILES string of the molecule is Cl.N[C@H](CCF)c1ccc(F)c(Cl)c1. The third-order valence-electron chi connectivity index (χ3n) is 1.79. The highest BCUT2D eigenvalue weighted by atomic mass is 35.5. The van der Waals surface area contributed by atoms with E-state index in [2.05, 4.69) is 0 Å². The highest BCUT2D eigenvalue weighted by molar-refractivity contribution is 6.30. The fourth-order valence-electron chi connectivity index (χ4n) is 1.03. The van der Waals surface area contributed by atoms with Crippen LogP contribution in [0.3, 0.4) is 0 Å². The van der Waals surface area contributed by atoms with Crippen molar-refractivity contribution in [3.63, 3.8) is 0 Å². The topological polar surface area (TPSA) is 26.0 Å². The van der Waals surface area contributed by atoms with Crippen molar-refractivity contribution in [3.8, 4) is 0 Å². The molecule has 0 fully saturated rings. The molecular formula is C9H11Cl2F2N. The number of hydrogen-bond acceptors (Lipinski definition) is 1. The molecule has 14 heavy (non-hydrogen) atoms. The summed E-state index contributed by atoms with van der Waals surface area (Å²) in [5.41, 5.74) is 6.26. The number of hydrogen-bond donors (Lipinski definition) is 1. The van der Waals surface area contributed by atoms with E-state index in [-0.39, 0.29) is 23.9 Å². The molecule has 0 aromatic heterocycles. The summed E-state index contributed by atoms with van der Waals surface area (Å²) in [5.74, 6) is -0.488. The zero-order valence-electron chi connectivity index (χ0n) is 7.34. The summed E-state index contributed by atoms with van der Waals surface area (Å²) >= 11 is 5.53. The molecule has 0 radical (unpaired) electrons. The van der Waals surface area contributed by atoms with Gasteiger partial charge in [-0.05, 0) is 24.1 Å². The first-order valence-electron chi connectivity index (χ1n) is 3.91. The monoisotopic (exact) mass is 241 g/mol. The molecule has 80 valence electrons. The molecular weight excluding hydrogens is 231 g/mol. The van der Waals surface area contributed by atoms with E-state index in [4.69, 9.17) is 17.3 Å². The van der Waals surface area contributed by atoms with Crippen LogP contribution in [0.5, 0.6) is 0 Å². The molecule has 0 aliphatic carbocycles. The minimum atomic E-state index is -0.490. The Morgan fingerprint density at radius 2 is 2.07 bits per heavy atom. The van der Waals surface area contributed by atoms with Gasteiger partial charge in [0, 0.05) is 6.04 Å². The van der Waals surface area contributed by atoms with Gasteiger partial charge in [0.25, 0.3) is 0 Å². The van der Waals surface area contributed by atoms with Crippen LogP contribution in [0.25, 0.3) is 0 Å². The predicted molar refractivity (Wildman–Crippen MR) is 56.2 cm³/mol. The maximum absolute atomic E-state index is 12.7. The third-order valence-corrected chi connectivity index (χ3v) is 2.08. The Hall–Kier alpha value is -0.380. The van der Waals surface area contributed by atoms with Gasteiger partial charge < -0.3 is 5.73 Å². The van der Waals surface area contributed by atoms with Crippen molar-refractivity contribution in [1.82, 2.24) is 0 Å². The Labute approximate surface area is 92.7 Å². The zero-order valence-corrected chi connectivity index (χ0v) is 8.92. The van der Waals surface area contributed by atoms with Gasteiger partial charge in [0.15, 0.2) is 0 Å². The standard InChI is InChI=1S/C9H10ClF2N.ClH/c10-7-5-6(1-2-8(7)12)9(13)3-4-11;/h1-2,5,9H,3-4,13H2;1H/t9-;/m1./s1. The van der Waals surface area contributed by atoms with Gasteiger partial charge in [0.2, 0.25) is 0 Å². The molecule has 5 heteroatoms. The maximum atomic E-state index is 12.7. The molecule has 0 unspecified atom stereocenters. The molecule has 1 atom stereocenters. The van der Waals surface area contributed by atoms with Gasteiger partial charge in [0.1, 0.15) is 5.82 Å². The lowest BCUT2D eigenvalue weighted by atomic mass is 10.1. The van der Waals surface area contributed by atoms with E-state index in [1.54, 1.807) is 0 Å². The highest BCUT2D eigenvalue weighted by Gasteiger charge is 2.07. The lowest BCUT2D eigenvalue weighted by molar-refractivity contribution is 0.441. The number of nitrogens with two attached hydrogens (primary N) is 1. The van der Waals surface area contributed by atoms with Gasteiger partial charge in [-0.3, -0.25) is 4.39 Å². The number of alkyl halides is 1. The lowest BCUT2D eigenvalue weighted by Gasteiger charge is -2.09. The van der Waals surface area contributed by atoms with Crippen LogP contribution in [0.4, 0.5) is 8.78 Å². The van der Waals surface area contributed by atoms with E-state index in [0.29, 0.717) is 5.56 Å². The first-order chi connectivity index (χ1) is 6.15. The van der Waals surface area contributed by atoms with Crippen molar-refractivity contribution in [2.75, 3.05) is 6.67 Å². The molecule has 0 aliphatic rings. The van der Waals surface area contributed by atoms with Crippen molar-refractivity contribution in [2.24, 2.45) is 5.73 Å². The summed E-state index contributed by atoms with van der Waals surface area (Å²) in [4.78, 5) is 0. The number of benzene rings is 1. The van der Waals surface area contributed by atoms with Crippen LogP contribution >= 0.6 is 24.0 Å². The van der Waals surface area contributed by atoms with E-state index in [1.165, 1.54) is 18.2 Å². The molecule has 1 aromatic rings. The smallest absolute Gasteiger partial charge is 0.141 e. The van der Waals surface area contributed by atoms with E-state index >= 15 is 0 Å². The predicted octanol–water partition coefficient (Wildman–Crippen LogP) is 3.26. The van der Waals surface area contributed by atoms with Crippen molar-refractivity contribution >= 4 is 24.0 Å². The van der Waals surface area contributed by atoms with Crippen molar-refractivity contribution in [3.05, 3.63) is 34.6 Å². The summed E-state index contributed by atoms with van der Waals surface area (Å²) in [6.45, 7) is -0.490. The first-order valence-corrected chi connectivity index (χ1v) is 4.29. The molecule has 2 N–H and O–H groups in total. The fourth-order valence-corrected chi connectivity index (χ4v) is 1.22. The Bertz CT molecular complexity index is 294. The number of halogens is 4. The van der Waals surface area contributed by atoms with Crippen LogP contribution in [0.2, 0.25) is 5.02 Å². The lowest BCUT2D eigenvalue weighted by Crippen LogP contribution is -2.10. The molecule has 0 amide bonds. The van der Waals surface area contributed by atoms with Gasteiger partial charge in [0.05, 0.1) is 11.7 Å². The largest absolute Gasteiger partial charge is 0.324 e. The summed E-state index contributed by atoms with van der Waals surface area (Å²) in [6.07, 6.45) is 0.224. The molecule has 1 aromatic carbocycles. The van der Waals surface area contributed by atoms with Crippen molar-refractivity contribution in [1.29, 1.82) is 0 Å². The van der Waals surface area contributed by atoms with Crippen LogP contribution < -0.4 is 5.73 Å². The van der Waals surface area contributed by atoms with Crippen LogP contribution in [0, 0.1) is 5.82 Å². The second-order valence-electron chi connectivity index (χ2n) is 2.76. The highest BCUT2D eigenvalue weighted by Crippen LogP contribution is 2.21. The minimum Gasteiger partial charge on any atom is -0.324 e. The van der Waals surface area contributed by atoms with E-state index in [1.807, 2.05) is 0 Å². The Kier molecular flexibility index (Phi) is 6.00. The molecule has 0 bridgehead atoms. The van der Waals surface area contributed by atoms with Gasteiger partial charge in [-0.2, -0.15) is 0 Å². The van der Waals surface area contributed by atoms with Crippen LogP contribution in [0.1, 0.15) is 18.0 Å². The van der Waals surface area contributed by atoms with Gasteiger partial charge in [-0.15, -0.1) is 12.4 Å². The second-order valence-corrected chi connectivity index (χ2v) is 3.16. The maximum Gasteiger partial charge on any atom is 0.141 e. The van der Waals surface area contributed by atoms with Gasteiger partial charge in [-0.25, -0.2) is 4.39 Å². The van der Waals surface area contributed by atoms with E-state index < -0.39 is 18.5 Å². The molecule has 0 saturated carbocycles. The first kappa shape index (κ1) is 13.6. The molecule has 1 rings (SSSR count). The van der Waals surface area contributed by atoms with Crippen LogP contribution in [-0.4, -0.2) is 6.67 Å². The summed E-state index contributed by atoms with van der Waals surface area (Å²) in [7, 11) is 0. The Balaban J connectivity index is 0.00000169. The normalized spacial score (nSPS) is 12.0. The van der Waals surface area contributed by atoms with E-state index in [0.717, 1.165) is 0 Å². The molecule has 0 aliphatic heterocycles. The van der Waals surface area contributed by atoms with Crippen LogP contribution in [-0.2, 0) is 0 Å². The molecule has 0 heterocycles. The summed E-state index contributed by atoms with van der Waals surface area (Å²) in [5, 5.41) is 0.0202. The fraction of sp³-hybridized carbons (Fsp3) is 0.333. The second kappa shape index (κ2) is 6.17. The molecule has 0 saturated heterocycles. The van der Waals surface area contributed by atoms with Gasteiger partial charge >= 0.3 is 0 Å². The molecule has 0 spiro atoms. The Morgan fingerprint density at radius 1 is 1.43 bits per heavy atom.